The second kappa shape index (κ2) is 6.85. The Kier molecular flexibility index (Phi) is 4.54. The third-order valence-corrected chi connectivity index (χ3v) is 6.13. The van der Waals surface area contributed by atoms with Crippen molar-refractivity contribution >= 4 is 28.2 Å². The number of hydrogen-bond acceptors (Lipinski definition) is 4. The summed E-state index contributed by atoms with van der Waals surface area (Å²) in [7, 11) is 0. The van der Waals surface area contributed by atoms with Crippen LogP contribution in [0.15, 0.2) is 29.1 Å². The van der Waals surface area contributed by atoms with E-state index in [9.17, 15) is 9.90 Å². The number of carboxylic acids is 1. The van der Waals surface area contributed by atoms with Gasteiger partial charge in [-0.1, -0.05) is 12.1 Å². The predicted molar refractivity (Wildman–Crippen MR) is 103 cm³/mol. The van der Waals surface area contributed by atoms with Gasteiger partial charge in [-0.15, -0.1) is 11.3 Å². The summed E-state index contributed by atoms with van der Waals surface area (Å²) in [5.74, 6) is -0.380. The Morgan fingerprint density at radius 2 is 2.15 bits per heavy atom. The third kappa shape index (κ3) is 2.83. The van der Waals surface area contributed by atoms with Crippen molar-refractivity contribution in [3.63, 3.8) is 0 Å². The zero-order chi connectivity index (χ0) is 18.3. The Labute approximate surface area is 156 Å². The Balaban J connectivity index is 1.90. The standard InChI is InChI=1S/C20H22N2O3S/c1-12(14-5-7-25-8-6-14)22-13(2)19(20(23)24)16-4-3-15(9-18(16)22)17-10-26-11-21-17/h3-4,9-12,14H,5-8H2,1-2H3,(H,23,24). The molecule has 0 radical (unpaired) electrons. The van der Waals surface area contributed by atoms with Gasteiger partial charge in [-0.3, -0.25) is 0 Å². The van der Waals surface area contributed by atoms with Crippen LogP contribution < -0.4 is 0 Å². The molecule has 6 heteroatoms. The SMILES string of the molecule is Cc1c(C(=O)O)c2ccc(-c3cscn3)cc2n1C(C)C1CCOCC1. The molecule has 0 amide bonds. The van der Waals surface area contributed by atoms with Crippen molar-refractivity contribution in [1.82, 2.24) is 9.55 Å². The summed E-state index contributed by atoms with van der Waals surface area (Å²) in [4.78, 5) is 16.3. The van der Waals surface area contributed by atoms with Crippen LogP contribution in [0.4, 0.5) is 0 Å². The van der Waals surface area contributed by atoms with Gasteiger partial charge in [-0.2, -0.15) is 0 Å². The average Bonchev–Trinajstić information content (AvgIpc) is 3.27. The average molecular weight is 370 g/mol. The van der Waals surface area contributed by atoms with Crippen LogP contribution in [-0.2, 0) is 4.74 Å². The van der Waals surface area contributed by atoms with Crippen molar-refractivity contribution in [2.24, 2.45) is 5.92 Å². The Morgan fingerprint density at radius 3 is 2.81 bits per heavy atom. The first kappa shape index (κ1) is 17.2. The molecule has 1 aliphatic rings. The Bertz CT molecular complexity index is 940. The number of carboxylic acid groups (broad SMARTS) is 1. The highest BCUT2D eigenvalue weighted by atomic mass is 32.1. The van der Waals surface area contributed by atoms with Gasteiger partial charge in [0.25, 0.3) is 0 Å². The van der Waals surface area contributed by atoms with Crippen molar-refractivity contribution in [3.8, 4) is 11.3 Å². The van der Waals surface area contributed by atoms with E-state index in [1.54, 1.807) is 11.3 Å². The summed E-state index contributed by atoms with van der Waals surface area (Å²) in [5, 5.41) is 12.6. The maximum atomic E-state index is 11.9. The first-order valence-corrected chi connectivity index (χ1v) is 9.86. The predicted octanol–water partition coefficient (Wildman–Crippen LogP) is 4.76. The fraction of sp³-hybridized carbons (Fsp3) is 0.400. The molecule has 5 nitrogen and oxygen atoms in total. The number of benzene rings is 1. The molecule has 1 fully saturated rings. The minimum absolute atomic E-state index is 0.222. The van der Waals surface area contributed by atoms with E-state index in [-0.39, 0.29) is 6.04 Å². The van der Waals surface area contributed by atoms with Crippen LogP contribution in [0.2, 0.25) is 0 Å². The fourth-order valence-corrected chi connectivity index (χ4v) is 4.72. The van der Waals surface area contributed by atoms with E-state index in [2.05, 4.69) is 22.5 Å². The highest BCUT2D eigenvalue weighted by Crippen LogP contribution is 2.37. The quantitative estimate of drug-likeness (QED) is 0.719. The maximum Gasteiger partial charge on any atom is 0.338 e. The van der Waals surface area contributed by atoms with E-state index in [0.717, 1.165) is 53.9 Å². The number of carbonyl (C=O) groups is 1. The molecule has 0 saturated carbocycles. The van der Waals surface area contributed by atoms with Crippen LogP contribution in [0.25, 0.3) is 22.2 Å². The van der Waals surface area contributed by atoms with Gasteiger partial charge >= 0.3 is 5.97 Å². The number of hydrogen-bond donors (Lipinski definition) is 1. The van der Waals surface area contributed by atoms with E-state index in [0.29, 0.717) is 11.5 Å². The van der Waals surface area contributed by atoms with Crippen LogP contribution >= 0.6 is 11.3 Å². The van der Waals surface area contributed by atoms with E-state index in [4.69, 9.17) is 4.74 Å². The van der Waals surface area contributed by atoms with Crippen LogP contribution in [-0.4, -0.2) is 33.8 Å². The van der Waals surface area contributed by atoms with Gasteiger partial charge in [-0.25, -0.2) is 9.78 Å². The molecule has 4 rings (SSSR count). The highest BCUT2D eigenvalue weighted by Gasteiger charge is 2.27. The minimum atomic E-state index is -0.869. The monoisotopic (exact) mass is 370 g/mol. The second-order valence-corrected chi connectivity index (χ2v) is 7.65. The molecule has 3 aromatic rings. The van der Waals surface area contributed by atoms with Crippen LogP contribution in [0.3, 0.4) is 0 Å². The van der Waals surface area contributed by atoms with Gasteiger partial charge in [0.15, 0.2) is 0 Å². The summed E-state index contributed by atoms with van der Waals surface area (Å²) >= 11 is 1.56. The zero-order valence-corrected chi connectivity index (χ0v) is 15.8. The lowest BCUT2D eigenvalue weighted by molar-refractivity contribution is 0.0516. The van der Waals surface area contributed by atoms with Crippen molar-refractivity contribution in [2.45, 2.75) is 32.7 Å². The molecular weight excluding hydrogens is 348 g/mol. The lowest BCUT2D eigenvalue weighted by atomic mass is 9.92. The third-order valence-electron chi connectivity index (χ3n) is 5.55. The van der Waals surface area contributed by atoms with E-state index < -0.39 is 5.97 Å². The molecule has 1 aromatic carbocycles. The smallest absolute Gasteiger partial charge is 0.338 e. The number of aromatic carboxylic acids is 1. The zero-order valence-electron chi connectivity index (χ0n) is 14.9. The number of aromatic nitrogens is 2. The van der Waals surface area contributed by atoms with Gasteiger partial charge < -0.3 is 14.4 Å². The molecule has 3 heterocycles. The number of ether oxygens (including phenoxy) is 1. The normalized spacial score (nSPS) is 16.8. The van der Waals surface area contributed by atoms with E-state index >= 15 is 0 Å². The number of rotatable bonds is 4. The largest absolute Gasteiger partial charge is 0.478 e. The van der Waals surface area contributed by atoms with Crippen LogP contribution in [0, 0.1) is 12.8 Å². The minimum Gasteiger partial charge on any atom is -0.478 e. The molecular formula is C20H22N2O3S. The number of thiazole rings is 1. The topological polar surface area (TPSA) is 64.3 Å². The van der Waals surface area contributed by atoms with E-state index in [1.807, 2.05) is 29.9 Å². The Morgan fingerprint density at radius 1 is 1.38 bits per heavy atom. The van der Waals surface area contributed by atoms with Crippen molar-refractivity contribution in [2.75, 3.05) is 13.2 Å². The first-order valence-electron chi connectivity index (χ1n) is 8.92. The summed E-state index contributed by atoms with van der Waals surface area (Å²) in [6.07, 6.45) is 2.02. The lowest BCUT2D eigenvalue weighted by Crippen LogP contribution is -2.24. The molecule has 0 bridgehead atoms. The Hall–Kier alpha value is -2.18. The van der Waals surface area contributed by atoms with Crippen LogP contribution in [0.1, 0.15) is 41.9 Å². The molecule has 1 unspecified atom stereocenters. The summed E-state index contributed by atoms with van der Waals surface area (Å²) in [6.45, 7) is 5.68. The van der Waals surface area contributed by atoms with Gasteiger partial charge in [0.1, 0.15) is 0 Å². The van der Waals surface area contributed by atoms with E-state index in [1.165, 1.54) is 0 Å². The first-order chi connectivity index (χ1) is 12.6. The fourth-order valence-electron chi connectivity index (χ4n) is 4.16. The highest BCUT2D eigenvalue weighted by molar-refractivity contribution is 7.07. The van der Waals surface area contributed by atoms with Gasteiger partial charge in [0.2, 0.25) is 0 Å². The van der Waals surface area contributed by atoms with Gasteiger partial charge in [0.05, 0.1) is 22.3 Å². The summed E-state index contributed by atoms with van der Waals surface area (Å²) in [6, 6.07) is 6.19. The number of nitrogens with zero attached hydrogens (tertiary/aromatic N) is 2. The molecule has 1 atom stereocenters. The number of fused-ring (bicyclic) bond motifs is 1. The molecule has 1 saturated heterocycles. The molecule has 2 aromatic heterocycles. The summed E-state index contributed by atoms with van der Waals surface area (Å²) in [5.41, 5.74) is 5.97. The molecule has 0 spiro atoms. The van der Waals surface area contributed by atoms with Crippen LogP contribution in [0.5, 0.6) is 0 Å². The summed E-state index contributed by atoms with van der Waals surface area (Å²) < 4.78 is 7.72. The van der Waals surface area contributed by atoms with Gasteiger partial charge in [0, 0.05) is 41.3 Å². The second-order valence-electron chi connectivity index (χ2n) is 6.93. The molecule has 136 valence electrons. The van der Waals surface area contributed by atoms with Crippen molar-refractivity contribution < 1.29 is 14.6 Å². The molecule has 1 N–H and O–H groups in total. The van der Waals surface area contributed by atoms with Crippen molar-refractivity contribution in [3.05, 3.63) is 40.3 Å². The molecule has 26 heavy (non-hydrogen) atoms. The van der Waals surface area contributed by atoms with Gasteiger partial charge in [-0.05, 0) is 38.7 Å². The van der Waals surface area contributed by atoms with Crippen molar-refractivity contribution in [1.29, 1.82) is 0 Å². The molecule has 0 aliphatic carbocycles. The lowest BCUT2D eigenvalue weighted by Gasteiger charge is -2.30. The molecule has 1 aliphatic heterocycles. The maximum absolute atomic E-state index is 11.9.